The van der Waals surface area contributed by atoms with Crippen LogP contribution in [-0.2, 0) is 7.05 Å². The summed E-state index contributed by atoms with van der Waals surface area (Å²) < 4.78 is 1.67. The van der Waals surface area contributed by atoms with Crippen molar-refractivity contribution in [3.63, 3.8) is 0 Å². The molecule has 118 valence electrons. The van der Waals surface area contributed by atoms with Crippen LogP contribution >= 0.6 is 46.6 Å². The monoisotopic (exact) mass is 385 g/mol. The average molecular weight is 387 g/mol. The Morgan fingerprint density at radius 3 is 2.57 bits per heavy atom. The van der Waals surface area contributed by atoms with Gasteiger partial charge in [-0.15, -0.1) is 0 Å². The number of halogens is 3. The molecule has 0 fully saturated rings. The Balaban J connectivity index is 1.96. The van der Waals surface area contributed by atoms with Crippen molar-refractivity contribution in [2.75, 3.05) is 5.32 Å². The molecule has 0 spiro atoms. The molecule has 1 N–H and O–H groups in total. The number of aryl methyl sites for hydroxylation is 1. The molecule has 3 aromatic rings. The Morgan fingerprint density at radius 2 is 1.87 bits per heavy atom. The minimum absolute atomic E-state index is 0.326. The van der Waals surface area contributed by atoms with Crippen molar-refractivity contribution < 1.29 is 0 Å². The number of nitrogens with zero attached hydrogens (tertiary/aromatic N) is 4. The van der Waals surface area contributed by atoms with E-state index in [0.717, 1.165) is 9.92 Å². The number of hydrogen-bond donors (Lipinski definition) is 1. The lowest BCUT2D eigenvalue weighted by Crippen LogP contribution is -1.98. The fourth-order valence-corrected chi connectivity index (χ4v) is 3.59. The van der Waals surface area contributed by atoms with E-state index in [9.17, 15) is 0 Å². The largest absolute Gasteiger partial charge is 0.319 e. The summed E-state index contributed by atoms with van der Waals surface area (Å²) in [5.74, 6) is 0.437. The number of aromatic nitrogens is 4. The highest BCUT2D eigenvalue weighted by molar-refractivity contribution is 7.99. The van der Waals surface area contributed by atoms with E-state index >= 15 is 0 Å². The maximum absolute atomic E-state index is 6.24. The highest BCUT2D eigenvalue weighted by Crippen LogP contribution is 2.41. The number of benzene rings is 1. The minimum atomic E-state index is 0.326. The maximum Gasteiger partial charge on any atom is 0.227 e. The normalized spacial score (nSPS) is 10.8. The van der Waals surface area contributed by atoms with Gasteiger partial charge in [-0.3, -0.25) is 4.68 Å². The molecular formula is C14H10Cl3N5S. The zero-order valence-electron chi connectivity index (χ0n) is 11.8. The Morgan fingerprint density at radius 1 is 1.13 bits per heavy atom. The molecule has 9 heteroatoms. The topological polar surface area (TPSA) is 55.6 Å². The van der Waals surface area contributed by atoms with E-state index in [4.69, 9.17) is 34.8 Å². The smallest absolute Gasteiger partial charge is 0.227 e. The number of anilines is 2. The molecule has 0 bridgehead atoms. The first kappa shape index (κ1) is 16.4. The molecule has 23 heavy (non-hydrogen) atoms. The van der Waals surface area contributed by atoms with Gasteiger partial charge in [0.15, 0.2) is 5.15 Å². The van der Waals surface area contributed by atoms with Crippen LogP contribution in [0.15, 0.2) is 46.6 Å². The highest BCUT2D eigenvalue weighted by Gasteiger charge is 2.18. The number of rotatable bonds is 4. The van der Waals surface area contributed by atoms with Crippen molar-refractivity contribution in [1.29, 1.82) is 0 Å². The van der Waals surface area contributed by atoms with E-state index in [1.807, 2.05) is 6.07 Å². The van der Waals surface area contributed by atoms with Crippen LogP contribution in [-0.4, -0.2) is 19.7 Å². The molecule has 0 radical (unpaired) electrons. The predicted molar refractivity (Wildman–Crippen MR) is 94.1 cm³/mol. The van der Waals surface area contributed by atoms with Gasteiger partial charge < -0.3 is 5.32 Å². The van der Waals surface area contributed by atoms with Crippen molar-refractivity contribution in [1.82, 2.24) is 19.7 Å². The molecule has 0 saturated carbocycles. The molecule has 0 aliphatic rings. The SMILES string of the molecule is Cn1nc(Cl)c(Nc2ncccn2)c1Sc1ccc(Cl)cc1Cl. The third-order valence-corrected chi connectivity index (χ3v) is 5.02. The van der Waals surface area contributed by atoms with E-state index in [0.29, 0.717) is 26.8 Å². The van der Waals surface area contributed by atoms with Gasteiger partial charge in [0.05, 0.1) is 5.02 Å². The lowest BCUT2D eigenvalue weighted by Gasteiger charge is -2.08. The lowest BCUT2D eigenvalue weighted by atomic mass is 10.4. The molecule has 0 aliphatic carbocycles. The lowest BCUT2D eigenvalue weighted by molar-refractivity contribution is 0.700. The summed E-state index contributed by atoms with van der Waals surface area (Å²) in [7, 11) is 1.80. The van der Waals surface area contributed by atoms with Gasteiger partial charge in [0.2, 0.25) is 5.95 Å². The fourth-order valence-electron chi connectivity index (χ4n) is 1.84. The second kappa shape index (κ2) is 6.97. The second-order valence-electron chi connectivity index (χ2n) is 4.47. The Kier molecular flexibility index (Phi) is 4.96. The zero-order chi connectivity index (χ0) is 16.4. The molecule has 0 amide bonds. The van der Waals surface area contributed by atoms with E-state index in [1.54, 1.807) is 42.3 Å². The van der Waals surface area contributed by atoms with Crippen LogP contribution in [0.3, 0.4) is 0 Å². The third-order valence-electron chi connectivity index (χ3n) is 2.86. The van der Waals surface area contributed by atoms with Gasteiger partial charge in [-0.25, -0.2) is 9.97 Å². The maximum atomic E-state index is 6.24. The van der Waals surface area contributed by atoms with Gasteiger partial charge in [0, 0.05) is 29.4 Å². The van der Waals surface area contributed by atoms with Gasteiger partial charge in [0.1, 0.15) is 10.7 Å². The van der Waals surface area contributed by atoms with Gasteiger partial charge in [-0.1, -0.05) is 46.6 Å². The summed E-state index contributed by atoms with van der Waals surface area (Å²) in [6.45, 7) is 0. The quantitative estimate of drug-likeness (QED) is 0.679. The molecule has 3 rings (SSSR count). The van der Waals surface area contributed by atoms with Crippen LogP contribution in [0.1, 0.15) is 0 Å². The highest BCUT2D eigenvalue weighted by atomic mass is 35.5. The molecule has 1 aromatic carbocycles. The summed E-state index contributed by atoms with van der Waals surface area (Å²) in [6, 6.07) is 7.05. The molecular weight excluding hydrogens is 377 g/mol. The first-order valence-corrected chi connectivity index (χ1v) is 8.39. The Hall–Kier alpha value is -1.47. The third kappa shape index (κ3) is 3.72. The van der Waals surface area contributed by atoms with Gasteiger partial charge >= 0.3 is 0 Å². The molecule has 0 unspecified atom stereocenters. The van der Waals surface area contributed by atoms with E-state index in [2.05, 4.69) is 20.4 Å². The van der Waals surface area contributed by atoms with Crippen molar-refractivity contribution in [2.24, 2.45) is 7.05 Å². The van der Waals surface area contributed by atoms with Crippen molar-refractivity contribution >= 4 is 58.2 Å². The second-order valence-corrected chi connectivity index (χ2v) is 6.70. The number of nitrogens with one attached hydrogen (secondary N) is 1. The van der Waals surface area contributed by atoms with Crippen LogP contribution in [0.2, 0.25) is 15.2 Å². The van der Waals surface area contributed by atoms with Crippen molar-refractivity contribution in [3.05, 3.63) is 51.9 Å². The molecule has 5 nitrogen and oxygen atoms in total. The predicted octanol–water partition coefficient (Wildman–Crippen LogP) is 5.07. The minimum Gasteiger partial charge on any atom is -0.319 e. The van der Waals surface area contributed by atoms with Gasteiger partial charge in [-0.2, -0.15) is 5.10 Å². The molecule has 2 aromatic heterocycles. The van der Waals surface area contributed by atoms with Crippen LogP contribution in [0.5, 0.6) is 0 Å². The first-order chi connectivity index (χ1) is 11.0. The van der Waals surface area contributed by atoms with Crippen LogP contribution in [0, 0.1) is 0 Å². The fraction of sp³-hybridized carbons (Fsp3) is 0.0714. The summed E-state index contributed by atoms with van der Waals surface area (Å²) in [5, 5.41) is 9.56. The van der Waals surface area contributed by atoms with E-state index < -0.39 is 0 Å². The van der Waals surface area contributed by atoms with Crippen LogP contribution in [0.4, 0.5) is 11.6 Å². The summed E-state index contributed by atoms with van der Waals surface area (Å²) >= 11 is 19.8. The number of hydrogen-bond acceptors (Lipinski definition) is 5. The summed E-state index contributed by atoms with van der Waals surface area (Å²) in [6.07, 6.45) is 3.28. The van der Waals surface area contributed by atoms with E-state index in [-0.39, 0.29) is 0 Å². The molecule has 0 aliphatic heterocycles. The van der Waals surface area contributed by atoms with Crippen molar-refractivity contribution in [2.45, 2.75) is 9.92 Å². The molecule has 2 heterocycles. The average Bonchev–Trinajstić information content (AvgIpc) is 2.78. The van der Waals surface area contributed by atoms with Crippen LogP contribution in [0.25, 0.3) is 0 Å². The van der Waals surface area contributed by atoms with Gasteiger partial charge in [0.25, 0.3) is 0 Å². The Labute approximate surface area is 152 Å². The summed E-state index contributed by atoms with van der Waals surface area (Å²) in [4.78, 5) is 9.10. The van der Waals surface area contributed by atoms with E-state index in [1.165, 1.54) is 11.8 Å². The summed E-state index contributed by atoms with van der Waals surface area (Å²) in [5.41, 5.74) is 0.622. The van der Waals surface area contributed by atoms with Crippen molar-refractivity contribution in [3.8, 4) is 0 Å². The Bertz CT molecular complexity index is 838. The molecule has 0 saturated heterocycles. The zero-order valence-corrected chi connectivity index (χ0v) is 14.9. The first-order valence-electron chi connectivity index (χ1n) is 6.44. The van der Waals surface area contributed by atoms with Crippen LogP contribution < -0.4 is 5.32 Å². The standard InChI is InChI=1S/C14H10Cl3N5S/c1-22-13(23-10-4-3-8(15)7-9(10)16)11(12(17)21-22)20-14-18-5-2-6-19-14/h2-7H,1H3,(H,18,19,20). The molecule has 0 atom stereocenters. The van der Waals surface area contributed by atoms with Gasteiger partial charge in [-0.05, 0) is 24.3 Å².